The maximum absolute atomic E-state index is 12.5. The van der Waals surface area contributed by atoms with Gasteiger partial charge in [-0.25, -0.2) is 9.78 Å². The molecule has 0 aliphatic rings. The van der Waals surface area contributed by atoms with Crippen LogP contribution in [0, 0.1) is 0 Å². The fraction of sp³-hybridized carbons (Fsp3) is 0.208. The van der Waals surface area contributed by atoms with Crippen LogP contribution in [0.1, 0.15) is 40.0 Å². The van der Waals surface area contributed by atoms with E-state index in [9.17, 15) is 14.4 Å². The minimum atomic E-state index is -0.573. The van der Waals surface area contributed by atoms with Crippen LogP contribution in [0.3, 0.4) is 0 Å². The molecule has 0 unspecified atom stereocenters. The Morgan fingerprint density at radius 3 is 2.70 bits per heavy atom. The minimum absolute atomic E-state index is 0.140. The number of nitrogens with zero attached hydrogens (tertiary/aromatic N) is 3. The first-order valence-electron chi connectivity index (χ1n) is 10.5. The van der Waals surface area contributed by atoms with E-state index in [1.807, 2.05) is 37.3 Å². The van der Waals surface area contributed by atoms with Crippen LogP contribution in [0.2, 0.25) is 0 Å². The Kier molecular flexibility index (Phi) is 6.89. The second-order valence-corrected chi connectivity index (χ2v) is 8.36. The van der Waals surface area contributed by atoms with Gasteiger partial charge in [-0.05, 0) is 36.6 Å². The van der Waals surface area contributed by atoms with Crippen molar-refractivity contribution in [2.45, 2.75) is 32.8 Å². The zero-order valence-corrected chi connectivity index (χ0v) is 18.8. The lowest BCUT2D eigenvalue weighted by Gasteiger charge is -2.08. The molecule has 0 aliphatic heterocycles. The van der Waals surface area contributed by atoms with Crippen molar-refractivity contribution in [3.05, 3.63) is 92.8 Å². The molecule has 0 spiro atoms. The molecular weight excluding hydrogens is 440 g/mol. The minimum Gasteiger partial charge on any atom is -0.456 e. The Morgan fingerprint density at radius 2 is 1.91 bits per heavy atom. The molecule has 0 fully saturated rings. The lowest BCUT2D eigenvalue weighted by Crippen LogP contribution is -2.17. The van der Waals surface area contributed by atoms with Gasteiger partial charge in [-0.15, -0.1) is 0 Å². The third-order valence-corrected chi connectivity index (χ3v) is 5.91. The van der Waals surface area contributed by atoms with Crippen LogP contribution in [0.4, 0.5) is 5.69 Å². The Labute approximate surface area is 193 Å². The highest BCUT2D eigenvalue weighted by Gasteiger charge is 2.13. The van der Waals surface area contributed by atoms with Gasteiger partial charge < -0.3 is 10.1 Å². The average molecular weight is 463 g/mol. The summed E-state index contributed by atoms with van der Waals surface area (Å²) < 4.78 is 6.59. The van der Waals surface area contributed by atoms with Gasteiger partial charge in [0.05, 0.1) is 11.3 Å². The van der Waals surface area contributed by atoms with Gasteiger partial charge in [0.1, 0.15) is 11.6 Å². The summed E-state index contributed by atoms with van der Waals surface area (Å²) >= 11 is 1.33. The SMILES string of the molecule is CCc1nn2c(=O)cc(COC(=O)c3cccc(NC(=O)CCc4ccccc4)c3)nc2s1. The molecule has 168 valence electrons. The number of aryl methyl sites for hydroxylation is 2. The molecule has 2 aromatic heterocycles. The molecule has 4 rings (SSSR count). The van der Waals surface area contributed by atoms with E-state index >= 15 is 0 Å². The second kappa shape index (κ2) is 10.2. The number of benzene rings is 2. The monoisotopic (exact) mass is 462 g/mol. The second-order valence-electron chi connectivity index (χ2n) is 7.32. The summed E-state index contributed by atoms with van der Waals surface area (Å²) in [7, 11) is 0. The van der Waals surface area contributed by atoms with Gasteiger partial charge in [-0.3, -0.25) is 9.59 Å². The van der Waals surface area contributed by atoms with Crippen molar-refractivity contribution < 1.29 is 14.3 Å². The standard InChI is InChI=1S/C24H22N4O4S/c1-2-21-27-28-22(30)14-19(26-24(28)33-21)15-32-23(31)17-9-6-10-18(13-17)25-20(29)12-11-16-7-4-3-5-8-16/h3-10,13-14H,2,11-12,15H2,1H3,(H,25,29). The molecule has 33 heavy (non-hydrogen) atoms. The number of hydrogen-bond acceptors (Lipinski definition) is 7. The molecule has 0 atom stereocenters. The van der Waals surface area contributed by atoms with Crippen LogP contribution in [-0.4, -0.2) is 26.5 Å². The van der Waals surface area contributed by atoms with E-state index in [2.05, 4.69) is 15.4 Å². The van der Waals surface area contributed by atoms with Crippen molar-refractivity contribution in [3.8, 4) is 0 Å². The number of ether oxygens (including phenoxy) is 1. The molecule has 1 N–H and O–H groups in total. The normalized spacial score (nSPS) is 10.8. The number of rotatable bonds is 8. The van der Waals surface area contributed by atoms with E-state index in [0.717, 1.165) is 10.6 Å². The third kappa shape index (κ3) is 5.69. The molecule has 0 aliphatic carbocycles. The van der Waals surface area contributed by atoms with Crippen molar-refractivity contribution in [3.63, 3.8) is 0 Å². The predicted octanol–water partition coefficient (Wildman–Crippen LogP) is 3.64. The summed E-state index contributed by atoms with van der Waals surface area (Å²) in [5, 5.41) is 7.81. The number of esters is 1. The van der Waals surface area contributed by atoms with E-state index in [1.54, 1.807) is 24.3 Å². The number of hydrogen-bond donors (Lipinski definition) is 1. The number of amides is 1. The zero-order valence-electron chi connectivity index (χ0n) is 18.0. The van der Waals surface area contributed by atoms with Crippen molar-refractivity contribution in [2.24, 2.45) is 0 Å². The van der Waals surface area contributed by atoms with Gasteiger partial charge in [0.15, 0.2) is 0 Å². The fourth-order valence-electron chi connectivity index (χ4n) is 3.19. The van der Waals surface area contributed by atoms with Gasteiger partial charge in [0.2, 0.25) is 10.9 Å². The van der Waals surface area contributed by atoms with Crippen molar-refractivity contribution in [1.29, 1.82) is 0 Å². The largest absolute Gasteiger partial charge is 0.456 e. The smallest absolute Gasteiger partial charge is 0.338 e. The van der Waals surface area contributed by atoms with Crippen LogP contribution in [0.15, 0.2) is 65.5 Å². The number of carbonyl (C=O) groups is 2. The number of aromatic nitrogens is 3. The number of carbonyl (C=O) groups excluding carboxylic acids is 2. The fourth-order valence-corrected chi connectivity index (χ4v) is 4.04. The Balaban J connectivity index is 1.36. The molecular formula is C24H22N4O4S. The van der Waals surface area contributed by atoms with Crippen molar-refractivity contribution in [2.75, 3.05) is 5.32 Å². The van der Waals surface area contributed by atoms with Gasteiger partial charge >= 0.3 is 5.97 Å². The first-order valence-corrected chi connectivity index (χ1v) is 11.3. The summed E-state index contributed by atoms with van der Waals surface area (Å²) in [6.45, 7) is 1.81. The van der Waals surface area contributed by atoms with Gasteiger partial charge in [0.25, 0.3) is 5.56 Å². The number of anilines is 1. The first kappa shape index (κ1) is 22.3. The summed E-state index contributed by atoms with van der Waals surface area (Å²) in [6.07, 6.45) is 1.67. The molecule has 0 saturated heterocycles. The summed E-state index contributed by atoms with van der Waals surface area (Å²) in [5.74, 6) is -0.714. The lowest BCUT2D eigenvalue weighted by atomic mass is 10.1. The quantitative estimate of drug-likeness (QED) is 0.401. The Bertz CT molecular complexity index is 1350. The van der Waals surface area contributed by atoms with Gasteiger partial charge in [0, 0.05) is 18.2 Å². The molecule has 4 aromatic rings. The van der Waals surface area contributed by atoms with Crippen molar-refractivity contribution >= 4 is 33.9 Å². The number of fused-ring (bicyclic) bond motifs is 1. The van der Waals surface area contributed by atoms with E-state index in [0.29, 0.717) is 41.2 Å². The lowest BCUT2D eigenvalue weighted by molar-refractivity contribution is -0.116. The maximum atomic E-state index is 12.5. The van der Waals surface area contributed by atoms with Crippen LogP contribution in [0.25, 0.3) is 4.96 Å². The maximum Gasteiger partial charge on any atom is 0.338 e. The highest BCUT2D eigenvalue weighted by Crippen LogP contribution is 2.15. The third-order valence-electron chi connectivity index (χ3n) is 4.86. The van der Waals surface area contributed by atoms with Crippen LogP contribution in [-0.2, 0) is 29.0 Å². The molecule has 0 radical (unpaired) electrons. The highest BCUT2D eigenvalue weighted by molar-refractivity contribution is 7.16. The molecule has 1 amide bonds. The van der Waals surface area contributed by atoms with E-state index in [-0.39, 0.29) is 18.1 Å². The predicted molar refractivity (Wildman–Crippen MR) is 125 cm³/mol. The molecule has 2 aromatic carbocycles. The zero-order chi connectivity index (χ0) is 23.2. The molecule has 8 nitrogen and oxygen atoms in total. The Hall–Kier alpha value is -3.85. The van der Waals surface area contributed by atoms with Crippen molar-refractivity contribution in [1.82, 2.24) is 14.6 Å². The number of nitrogens with one attached hydrogen (secondary N) is 1. The topological polar surface area (TPSA) is 103 Å². The highest BCUT2D eigenvalue weighted by atomic mass is 32.1. The molecule has 0 bridgehead atoms. The van der Waals surface area contributed by atoms with E-state index in [4.69, 9.17) is 4.74 Å². The average Bonchev–Trinajstić information content (AvgIpc) is 3.26. The van der Waals surface area contributed by atoms with Crippen LogP contribution >= 0.6 is 11.3 Å². The van der Waals surface area contributed by atoms with Crippen LogP contribution < -0.4 is 10.9 Å². The van der Waals surface area contributed by atoms with E-state index < -0.39 is 5.97 Å². The van der Waals surface area contributed by atoms with Gasteiger partial charge in [-0.1, -0.05) is 54.7 Å². The molecule has 0 saturated carbocycles. The first-order chi connectivity index (χ1) is 16.0. The summed E-state index contributed by atoms with van der Waals surface area (Å²) in [6, 6.07) is 17.6. The molecule has 9 heteroatoms. The summed E-state index contributed by atoms with van der Waals surface area (Å²) in [4.78, 5) is 41.8. The van der Waals surface area contributed by atoms with Crippen LogP contribution in [0.5, 0.6) is 0 Å². The van der Waals surface area contributed by atoms with E-state index in [1.165, 1.54) is 21.9 Å². The summed E-state index contributed by atoms with van der Waals surface area (Å²) in [5.41, 5.74) is 1.92. The molecule has 2 heterocycles. The van der Waals surface area contributed by atoms with Gasteiger partial charge in [-0.2, -0.15) is 9.61 Å². The Morgan fingerprint density at radius 1 is 1.09 bits per heavy atom.